The largest absolute Gasteiger partial charge is 0.497 e. The second-order valence-electron chi connectivity index (χ2n) is 6.24. The van der Waals surface area contributed by atoms with Crippen LogP contribution >= 0.6 is 0 Å². The number of methoxy groups -OCH3 is 1. The van der Waals surface area contributed by atoms with Gasteiger partial charge in [-0.05, 0) is 41.8 Å². The van der Waals surface area contributed by atoms with Crippen molar-refractivity contribution in [3.63, 3.8) is 0 Å². The van der Waals surface area contributed by atoms with E-state index in [1.807, 2.05) is 60.7 Å². The van der Waals surface area contributed by atoms with E-state index in [0.717, 1.165) is 11.1 Å². The highest BCUT2D eigenvalue weighted by atomic mass is 32.2. The first-order valence-electron chi connectivity index (χ1n) is 8.81. The van der Waals surface area contributed by atoms with Gasteiger partial charge in [0.05, 0.1) is 12.0 Å². The summed E-state index contributed by atoms with van der Waals surface area (Å²) in [6.45, 7) is 0.745. The van der Waals surface area contributed by atoms with Gasteiger partial charge >= 0.3 is 0 Å². The van der Waals surface area contributed by atoms with Crippen LogP contribution in [0.1, 0.15) is 11.1 Å². The van der Waals surface area contributed by atoms with Gasteiger partial charge in [-0.15, -0.1) is 0 Å². The zero-order chi connectivity index (χ0) is 19.1. The summed E-state index contributed by atoms with van der Waals surface area (Å²) in [5, 5.41) is 0. The third kappa shape index (κ3) is 4.96. The fraction of sp³-hybridized carbons (Fsp3) is 0.182. The molecule has 0 saturated heterocycles. The van der Waals surface area contributed by atoms with Crippen LogP contribution in [0.3, 0.4) is 0 Å². The first kappa shape index (κ1) is 19.1. The van der Waals surface area contributed by atoms with E-state index in [0.29, 0.717) is 25.3 Å². The molecule has 0 aliphatic carbocycles. The molecule has 0 heterocycles. The van der Waals surface area contributed by atoms with Crippen LogP contribution in [0, 0.1) is 0 Å². The van der Waals surface area contributed by atoms with Gasteiger partial charge in [0.1, 0.15) is 5.75 Å². The van der Waals surface area contributed by atoms with Crippen LogP contribution in [-0.2, 0) is 23.0 Å². The summed E-state index contributed by atoms with van der Waals surface area (Å²) in [5.74, 6) is 0.632. The molecule has 3 rings (SSSR count). The van der Waals surface area contributed by atoms with E-state index in [4.69, 9.17) is 4.74 Å². The molecule has 27 heavy (non-hydrogen) atoms. The van der Waals surface area contributed by atoms with Gasteiger partial charge in [0.15, 0.2) is 0 Å². The van der Waals surface area contributed by atoms with Crippen LogP contribution in [-0.4, -0.2) is 26.4 Å². The van der Waals surface area contributed by atoms with Crippen molar-refractivity contribution in [3.05, 3.63) is 96.1 Å². The number of hydrogen-bond donors (Lipinski definition) is 0. The van der Waals surface area contributed by atoms with Crippen molar-refractivity contribution in [2.75, 3.05) is 13.7 Å². The van der Waals surface area contributed by atoms with Crippen molar-refractivity contribution in [2.45, 2.75) is 17.9 Å². The number of hydrogen-bond acceptors (Lipinski definition) is 3. The Labute approximate surface area is 161 Å². The summed E-state index contributed by atoms with van der Waals surface area (Å²) in [7, 11) is -2.06. The molecule has 0 atom stereocenters. The minimum absolute atomic E-state index is 0.271. The minimum atomic E-state index is -3.62. The minimum Gasteiger partial charge on any atom is -0.497 e. The summed E-state index contributed by atoms with van der Waals surface area (Å²) in [6, 6.07) is 26.1. The van der Waals surface area contributed by atoms with E-state index in [1.165, 1.54) is 4.31 Å². The van der Waals surface area contributed by atoms with Crippen molar-refractivity contribution in [1.82, 2.24) is 4.31 Å². The van der Waals surface area contributed by atoms with Crippen molar-refractivity contribution in [1.29, 1.82) is 0 Å². The second kappa shape index (κ2) is 8.84. The van der Waals surface area contributed by atoms with E-state index < -0.39 is 10.0 Å². The Morgan fingerprint density at radius 1 is 0.778 bits per heavy atom. The average Bonchev–Trinajstić information content (AvgIpc) is 2.72. The van der Waals surface area contributed by atoms with E-state index in [9.17, 15) is 8.42 Å². The van der Waals surface area contributed by atoms with Crippen LogP contribution in [0.2, 0.25) is 0 Å². The molecule has 0 aliphatic rings. The number of sulfonamides is 1. The quantitative estimate of drug-likeness (QED) is 0.589. The monoisotopic (exact) mass is 381 g/mol. The Balaban J connectivity index is 1.86. The van der Waals surface area contributed by atoms with Gasteiger partial charge in [-0.1, -0.05) is 60.7 Å². The third-order valence-corrected chi connectivity index (χ3v) is 6.25. The lowest BCUT2D eigenvalue weighted by molar-refractivity contribution is 0.407. The molecule has 0 aromatic heterocycles. The molecule has 0 unspecified atom stereocenters. The van der Waals surface area contributed by atoms with E-state index in [-0.39, 0.29) is 4.90 Å². The first-order chi connectivity index (χ1) is 13.1. The summed E-state index contributed by atoms with van der Waals surface area (Å²) in [6.07, 6.45) is 0.656. The number of ether oxygens (including phenoxy) is 1. The maximum atomic E-state index is 13.2. The smallest absolute Gasteiger partial charge is 0.243 e. The number of benzene rings is 3. The fourth-order valence-electron chi connectivity index (χ4n) is 2.87. The molecule has 0 spiro atoms. The average molecular weight is 381 g/mol. The summed E-state index contributed by atoms with van der Waals surface area (Å²) < 4.78 is 33.2. The molecule has 3 aromatic rings. The van der Waals surface area contributed by atoms with E-state index in [1.54, 1.807) is 31.4 Å². The zero-order valence-electron chi connectivity index (χ0n) is 15.3. The molecule has 0 amide bonds. The molecule has 5 heteroatoms. The Bertz CT molecular complexity index is 940. The Morgan fingerprint density at radius 2 is 1.33 bits per heavy atom. The van der Waals surface area contributed by atoms with Crippen LogP contribution < -0.4 is 4.74 Å². The highest BCUT2D eigenvalue weighted by Crippen LogP contribution is 2.22. The van der Waals surface area contributed by atoms with Crippen LogP contribution in [0.5, 0.6) is 5.75 Å². The number of rotatable bonds is 8. The lowest BCUT2D eigenvalue weighted by Crippen LogP contribution is -2.32. The Morgan fingerprint density at radius 3 is 1.89 bits per heavy atom. The molecule has 3 aromatic carbocycles. The highest BCUT2D eigenvalue weighted by Gasteiger charge is 2.24. The highest BCUT2D eigenvalue weighted by molar-refractivity contribution is 7.89. The molecular weight excluding hydrogens is 358 g/mol. The molecule has 0 saturated carbocycles. The maximum absolute atomic E-state index is 13.2. The van der Waals surface area contributed by atoms with Gasteiger partial charge in [-0.25, -0.2) is 8.42 Å². The lowest BCUT2D eigenvalue weighted by atomic mass is 10.1. The van der Waals surface area contributed by atoms with Crippen LogP contribution in [0.4, 0.5) is 0 Å². The molecule has 0 aliphatic heterocycles. The molecule has 4 nitrogen and oxygen atoms in total. The molecular formula is C22H23NO3S. The first-order valence-corrected chi connectivity index (χ1v) is 10.3. The van der Waals surface area contributed by atoms with Gasteiger partial charge in [0.25, 0.3) is 0 Å². The Kier molecular flexibility index (Phi) is 6.27. The molecule has 0 radical (unpaired) electrons. The van der Waals surface area contributed by atoms with Crippen LogP contribution in [0.15, 0.2) is 89.8 Å². The predicted octanol–water partition coefficient (Wildman–Crippen LogP) is 4.13. The van der Waals surface area contributed by atoms with Gasteiger partial charge in [0, 0.05) is 13.1 Å². The topological polar surface area (TPSA) is 46.6 Å². The maximum Gasteiger partial charge on any atom is 0.243 e. The van der Waals surface area contributed by atoms with Crippen molar-refractivity contribution in [3.8, 4) is 5.75 Å². The lowest BCUT2D eigenvalue weighted by Gasteiger charge is -2.22. The summed E-state index contributed by atoms with van der Waals surface area (Å²) in [4.78, 5) is 0.271. The normalized spacial score (nSPS) is 11.5. The van der Waals surface area contributed by atoms with Crippen LogP contribution in [0.25, 0.3) is 0 Å². The van der Waals surface area contributed by atoms with E-state index >= 15 is 0 Å². The van der Waals surface area contributed by atoms with Gasteiger partial charge in [-0.2, -0.15) is 4.31 Å². The standard InChI is InChI=1S/C22H23NO3S/c1-26-21-12-14-22(15-13-21)27(24,25)23(18-20-10-6-3-7-11-20)17-16-19-8-4-2-5-9-19/h2-15H,16-18H2,1H3. The zero-order valence-corrected chi connectivity index (χ0v) is 16.1. The SMILES string of the molecule is COc1ccc(S(=O)(=O)N(CCc2ccccc2)Cc2ccccc2)cc1. The molecule has 0 bridgehead atoms. The van der Waals surface area contributed by atoms with Crippen molar-refractivity contribution < 1.29 is 13.2 Å². The summed E-state index contributed by atoms with van der Waals surface area (Å²) >= 11 is 0. The third-order valence-electron chi connectivity index (χ3n) is 4.39. The predicted molar refractivity (Wildman–Crippen MR) is 107 cm³/mol. The van der Waals surface area contributed by atoms with Gasteiger partial charge < -0.3 is 4.74 Å². The number of nitrogens with zero attached hydrogens (tertiary/aromatic N) is 1. The van der Waals surface area contributed by atoms with Crippen molar-refractivity contribution >= 4 is 10.0 Å². The van der Waals surface area contributed by atoms with Gasteiger partial charge in [-0.3, -0.25) is 0 Å². The molecule has 0 N–H and O–H groups in total. The van der Waals surface area contributed by atoms with E-state index in [2.05, 4.69) is 0 Å². The molecule has 140 valence electrons. The fourth-order valence-corrected chi connectivity index (χ4v) is 4.30. The molecule has 0 fully saturated rings. The Hall–Kier alpha value is -2.63. The summed E-state index contributed by atoms with van der Waals surface area (Å²) in [5.41, 5.74) is 2.07. The van der Waals surface area contributed by atoms with Crippen molar-refractivity contribution in [2.24, 2.45) is 0 Å². The second-order valence-corrected chi connectivity index (χ2v) is 8.17. The van der Waals surface area contributed by atoms with Gasteiger partial charge in [0.2, 0.25) is 10.0 Å².